The largest absolute Gasteiger partial charge is 0.510 e. The highest BCUT2D eigenvalue weighted by Crippen LogP contribution is 2.32. The number of carbonyl (C=O) groups excluding carboxylic acids is 1. The monoisotopic (exact) mass is 272 g/mol. The number of halogens is 2. The minimum Gasteiger partial charge on any atom is -0.510 e. The number of allylic oxidation sites excluding steroid dienone is 2. The van der Waals surface area contributed by atoms with Gasteiger partial charge in [0.25, 0.3) is 0 Å². The second kappa shape index (κ2) is 5.80. The van der Waals surface area contributed by atoms with E-state index in [2.05, 4.69) is 10.2 Å². The predicted octanol–water partition coefficient (Wildman–Crippen LogP) is 4.46. The van der Waals surface area contributed by atoms with Gasteiger partial charge in [-0.25, -0.2) is 0 Å². The number of nitrogens with zero attached hydrogens (tertiary/aromatic N) is 2. The van der Waals surface area contributed by atoms with Crippen molar-refractivity contribution in [1.29, 1.82) is 0 Å². The molecule has 0 spiro atoms. The van der Waals surface area contributed by atoms with Crippen molar-refractivity contribution in [3.05, 3.63) is 39.7 Å². The fraction of sp³-hybridized carbons (Fsp3) is 0.182. The molecule has 0 bridgehead atoms. The number of ketones is 1. The number of azo groups is 1. The summed E-state index contributed by atoms with van der Waals surface area (Å²) in [5.74, 6) is -0.577. The van der Waals surface area contributed by atoms with Crippen molar-refractivity contribution >= 4 is 34.7 Å². The van der Waals surface area contributed by atoms with E-state index in [1.807, 2.05) is 0 Å². The van der Waals surface area contributed by atoms with Crippen LogP contribution in [0.3, 0.4) is 0 Å². The first-order chi connectivity index (χ1) is 7.93. The SMILES string of the molecule is CC(=O)/C(N=Nc1cccc(Cl)c1Cl)=C(\C)O. The average molecular weight is 273 g/mol. The van der Waals surface area contributed by atoms with Crippen LogP contribution < -0.4 is 0 Å². The molecule has 0 atom stereocenters. The summed E-state index contributed by atoms with van der Waals surface area (Å²) in [5.41, 5.74) is 0.222. The summed E-state index contributed by atoms with van der Waals surface area (Å²) in [4.78, 5) is 11.1. The van der Waals surface area contributed by atoms with E-state index in [1.165, 1.54) is 13.8 Å². The molecule has 0 saturated heterocycles. The Hall–Kier alpha value is -1.39. The molecule has 1 aromatic rings. The quantitative estimate of drug-likeness (QED) is 0.502. The molecule has 0 saturated carbocycles. The Labute approximate surface area is 109 Å². The second-order valence-corrected chi connectivity index (χ2v) is 4.05. The molecule has 1 N–H and O–H groups in total. The van der Waals surface area contributed by atoms with Crippen molar-refractivity contribution in [1.82, 2.24) is 0 Å². The lowest BCUT2D eigenvalue weighted by molar-refractivity contribution is -0.113. The first kappa shape index (κ1) is 13.7. The number of carbonyl (C=O) groups is 1. The minimum absolute atomic E-state index is 0.110. The van der Waals surface area contributed by atoms with Crippen LogP contribution in [0.25, 0.3) is 0 Å². The van der Waals surface area contributed by atoms with Crippen LogP contribution >= 0.6 is 23.2 Å². The Kier molecular flexibility index (Phi) is 4.66. The molecular weight excluding hydrogens is 263 g/mol. The summed E-state index contributed by atoms with van der Waals surface area (Å²) in [7, 11) is 0. The van der Waals surface area contributed by atoms with Crippen LogP contribution in [0.1, 0.15) is 13.8 Å². The topological polar surface area (TPSA) is 62.0 Å². The van der Waals surface area contributed by atoms with Crippen molar-refractivity contribution in [3.8, 4) is 0 Å². The lowest BCUT2D eigenvalue weighted by Crippen LogP contribution is -1.96. The number of aliphatic hydroxyl groups excluding tert-OH is 1. The van der Waals surface area contributed by atoms with E-state index in [9.17, 15) is 9.90 Å². The number of hydrogen-bond donors (Lipinski definition) is 1. The van der Waals surface area contributed by atoms with Gasteiger partial charge in [0.15, 0.2) is 11.5 Å². The van der Waals surface area contributed by atoms with Gasteiger partial charge in [-0.1, -0.05) is 29.3 Å². The van der Waals surface area contributed by atoms with Gasteiger partial charge in [-0.15, -0.1) is 10.2 Å². The van der Waals surface area contributed by atoms with Crippen LogP contribution in [-0.2, 0) is 4.79 Å². The highest BCUT2D eigenvalue weighted by Gasteiger charge is 2.08. The summed E-state index contributed by atoms with van der Waals surface area (Å²) >= 11 is 11.7. The van der Waals surface area contributed by atoms with E-state index >= 15 is 0 Å². The summed E-state index contributed by atoms with van der Waals surface area (Å²) in [6.07, 6.45) is 0. The Bertz CT molecular complexity index is 506. The molecule has 6 heteroatoms. The molecular formula is C11H10Cl2N2O2. The smallest absolute Gasteiger partial charge is 0.183 e. The van der Waals surface area contributed by atoms with Crippen LogP contribution in [-0.4, -0.2) is 10.9 Å². The Morgan fingerprint density at radius 2 is 1.94 bits per heavy atom. The maximum absolute atomic E-state index is 11.1. The maximum Gasteiger partial charge on any atom is 0.183 e. The molecule has 17 heavy (non-hydrogen) atoms. The molecule has 0 amide bonds. The van der Waals surface area contributed by atoms with E-state index in [0.29, 0.717) is 10.7 Å². The average Bonchev–Trinajstić information content (AvgIpc) is 2.23. The van der Waals surface area contributed by atoms with Crippen molar-refractivity contribution in [2.45, 2.75) is 13.8 Å². The molecule has 0 aliphatic rings. The van der Waals surface area contributed by atoms with Gasteiger partial charge < -0.3 is 5.11 Å². The van der Waals surface area contributed by atoms with Gasteiger partial charge in [-0.05, 0) is 19.1 Å². The lowest BCUT2D eigenvalue weighted by Gasteiger charge is -2.00. The van der Waals surface area contributed by atoms with Crippen LogP contribution in [0.5, 0.6) is 0 Å². The van der Waals surface area contributed by atoms with E-state index in [4.69, 9.17) is 23.2 Å². The normalized spacial score (nSPS) is 12.7. The molecule has 0 aliphatic heterocycles. The molecule has 0 unspecified atom stereocenters. The van der Waals surface area contributed by atoms with E-state index in [1.54, 1.807) is 18.2 Å². The predicted molar refractivity (Wildman–Crippen MR) is 67.0 cm³/mol. The Morgan fingerprint density at radius 3 is 2.47 bits per heavy atom. The summed E-state index contributed by atoms with van der Waals surface area (Å²) in [6.45, 7) is 2.64. The van der Waals surface area contributed by atoms with Gasteiger partial charge in [-0.2, -0.15) is 0 Å². The minimum atomic E-state index is -0.382. The molecule has 0 heterocycles. The first-order valence-corrected chi connectivity index (χ1v) is 5.45. The summed E-state index contributed by atoms with van der Waals surface area (Å²) < 4.78 is 0. The van der Waals surface area contributed by atoms with Gasteiger partial charge in [0.05, 0.1) is 10.0 Å². The lowest BCUT2D eigenvalue weighted by atomic mass is 10.3. The fourth-order valence-electron chi connectivity index (χ4n) is 1.07. The number of aliphatic hydroxyl groups is 1. The van der Waals surface area contributed by atoms with Crippen LogP contribution in [0.2, 0.25) is 10.0 Å². The second-order valence-electron chi connectivity index (χ2n) is 3.26. The molecule has 0 fully saturated rings. The molecule has 90 valence electrons. The molecule has 0 radical (unpaired) electrons. The molecule has 0 aromatic heterocycles. The Balaban J connectivity index is 3.10. The van der Waals surface area contributed by atoms with Crippen LogP contribution in [0, 0.1) is 0 Å². The van der Waals surface area contributed by atoms with E-state index in [-0.39, 0.29) is 22.3 Å². The molecule has 1 rings (SSSR count). The highest BCUT2D eigenvalue weighted by atomic mass is 35.5. The van der Waals surface area contributed by atoms with Gasteiger partial charge >= 0.3 is 0 Å². The zero-order valence-electron chi connectivity index (χ0n) is 9.24. The van der Waals surface area contributed by atoms with Crippen LogP contribution in [0.4, 0.5) is 5.69 Å². The summed E-state index contributed by atoms with van der Waals surface area (Å²) in [5, 5.41) is 17.3. The summed E-state index contributed by atoms with van der Waals surface area (Å²) in [6, 6.07) is 4.87. The van der Waals surface area contributed by atoms with Gasteiger partial charge in [0.1, 0.15) is 11.4 Å². The Morgan fingerprint density at radius 1 is 1.29 bits per heavy atom. The maximum atomic E-state index is 11.1. The zero-order valence-corrected chi connectivity index (χ0v) is 10.7. The number of Topliss-reactive ketones (excluding diaryl/α,β-unsaturated/α-hetero) is 1. The number of benzene rings is 1. The first-order valence-electron chi connectivity index (χ1n) is 4.70. The number of rotatable bonds is 3. The third-order valence-electron chi connectivity index (χ3n) is 1.87. The van der Waals surface area contributed by atoms with Gasteiger partial charge in [0.2, 0.25) is 0 Å². The molecule has 4 nitrogen and oxygen atoms in total. The fourth-order valence-corrected chi connectivity index (χ4v) is 1.40. The van der Waals surface area contributed by atoms with Crippen LogP contribution in [0.15, 0.2) is 39.9 Å². The van der Waals surface area contributed by atoms with Crippen molar-refractivity contribution in [2.24, 2.45) is 10.2 Å². The highest BCUT2D eigenvalue weighted by molar-refractivity contribution is 6.43. The third kappa shape index (κ3) is 3.54. The van der Waals surface area contributed by atoms with Crippen molar-refractivity contribution < 1.29 is 9.90 Å². The number of hydrogen-bond acceptors (Lipinski definition) is 4. The van der Waals surface area contributed by atoms with Crippen molar-refractivity contribution in [2.75, 3.05) is 0 Å². The van der Waals surface area contributed by atoms with Crippen molar-refractivity contribution in [3.63, 3.8) is 0 Å². The molecule has 1 aromatic carbocycles. The van der Waals surface area contributed by atoms with Gasteiger partial charge in [-0.3, -0.25) is 4.79 Å². The zero-order chi connectivity index (χ0) is 13.0. The third-order valence-corrected chi connectivity index (χ3v) is 2.67. The van der Waals surface area contributed by atoms with E-state index < -0.39 is 0 Å². The molecule has 0 aliphatic carbocycles. The standard InChI is InChI=1S/C11H10Cl2N2O2/c1-6(16)11(7(2)17)15-14-9-5-3-4-8(12)10(9)13/h3-5,16H,1-2H3/b11-6-,15-14?. The van der Waals surface area contributed by atoms with E-state index in [0.717, 1.165) is 0 Å². The van der Waals surface area contributed by atoms with Gasteiger partial charge in [0, 0.05) is 6.92 Å².